The van der Waals surface area contributed by atoms with Gasteiger partial charge in [-0.3, -0.25) is 0 Å². The summed E-state index contributed by atoms with van der Waals surface area (Å²) in [6.07, 6.45) is 0. The number of aromatic nitrogens is 1. The highest BCUT2D eigenvalue weighted by molar-refractivity contribution is 7.90. The lowest BCUT2D eigenvalue weighted by atomic mass is 10.1. The Balaban J connectivity index is 2.03. The highest BCUT2D eigenvalue weighted by Gasteiger charge is 2.16. The number of nitrogens with zero attached hydrogens (tertiary/aromatic N) is 2. The molecule has 0 unspecified atom stereocenters. The van der Waals surface area contributed by atoms with Crippen LogP contribution >= 0.6 is 0 Å². The summed E-state index contributed by atoms with van der Waals surface area (Å²) < 4.78 is 28.0. The smallest absolute Gasteiger partial charge is 0.299 e. The second-order valence-electron chi connectivity index (χ2n) is 5.27. The quantitative estimate of drug-likeness (QED) is 0.712. The van der Waals surface area contributed by atoms with Crippen molar-refractivity contribution in [3.05, 3.63) is 53.6 Å². The zero-order valence-corrected chi connectivity index (χ0v) is 13.4. The van der Waals surface area contributed by atoms with E-state index in [9.17, 15) is 13.5 Å². The highest BCUT2D eigenvalue weighted by atomic mass is 32.2. The number of rotatable bonds is 3. The number of aromatic hydroxyl groups is 1. The summed E-state index contributed by atoms with van der Waals surface area (Å²) in [6, 6.07) is 11.8. The van der Waals surface area contributed by atoms with Crippen molar-refractivity contribution < 1.29 is 13.5 Å². The molecule has 2 aromatic carbocycles. The molecule has 0 fully saturated rings. The van der Waals surface area contributed by atoms with Crippen molar-refractivity contribution in [2.45, 2.75) is 18.7 Å². The summed E-state index contributed by atoms with van der Waals surface area (Å²) in [5.74, 6) is -0.217. The van der Waals surface area contributed by atoms with Gasteiger partial charge >= 0.3 is 0 Å². The predicted molar refractivity (Wildman–Crippen MR) is 87.6 cm³/mol. The van der Waals surface area contributed by atoms with E-state index < -0.39 is 10.0 Å². The lowest BCUT2D eigenvalue weighted by Gasteiger charge is -2.02. The monoisotopic (exact) mass is 329 g/mol. The van der Waals surface area contributed by atoms with Gasteiger partial charge in [0, 0.05) is 5.39 Å². The van der Waals surface area contributed by atoms with Crippen molar-refractivity contribution in [1.29, 1.82) is 0 Å². The van der Waals surface area contributed by atoms with E-state index in [1.54, 1.807) is 36.4 Å². The minimum Gasteiger partial charge on any atom is -0.493 e. The van der Waals surface area contributed by atoms with Crippen molar-refractivity contribution in [2.24, 2.45) is 9.63 Å². The number of benzene rings is 2. The van der Waals surface area contributed by atoms with Gasteiger partial charge < -0.3 is 10.1 Å². The zero-order valence-electron chi connectivity index (χ0n) is 12.6. The van der Waals surface area contributed by atoms with Gasteiger partial charge in [0.2, 0.25) is 5.88 Å². The van der Waals surface area contributed by atoms with E-state index in [4.69, 9.17) is 0 Å². The van der Waals surface area contributed by atoms with Crippen LogP contribution in [0.3, 0.4) is 0 Å². The normalized spacial score (nSPS) is 12.3. The molecule has 0 saturated carbocycles. The number of sulfonamides is 1. The molecule has 0 aliphatic heterocycles. The number of fused-ring (bicyclic) bond motifs is 1. The average Bonchev–Trinajstić information content (AvgIpc) is 2.83. The largest absolute Gasteiger partial charge is 0.493 e. The van der Waals surface area contributed by atoms with Crippen molar-refractivity contribution in [3.63, 3.8) is 0 Å². The van der Waals surface area contributed by atoms with Crippen LogP contribution in [0.4, 0.5) is 5.69 Å². The van der Waals surface area contributed by atoms with Crippen LogP contribution in [0.15, 0.2) is 57.0 Å². The van der Waals surface area contributed by atoms with E-state index in [0.29, 0.717) is 10.9 Å². The van der Waals surface area contributed by atoms with Gasteiger partial charge in [0.15, 0.2) is 5.69 Å². The van der Waals surface area contributed by atoms with Gasteiger partial charge in [0.05, 0.1) is 10.4 Å². The Kier molecular flexibility index (Phi) is 3.65. The topological polar surface area (TPSA) is 94.9 Å². The van der Waals surface area contributed by atoms with Crippen LogP contribution in [0.1, 0.15) is 11.1 Å². The van der Waals surface area contributed by atoms with Crippen LogP contribution in [0.2, 0.25) is 0 Å². The number of aromatic amines is 1. The van der Waals surface area contributed by atoms with E-state index >= 15 is 0 Å². The standard InChI is InChI=1S/C16H15N3O3S/c1-10-7-8-12(9-11(10)2)23(21,22)19-18-15-13-5-3-4-6-14(13)17-16(15)20/h3-9,17,20H,1-2H3. The first-order valence-corrected chi connectivity index (χ1v) is 8.37. The van der Waals surface area contributed by atoms with Crippen molar-refractivity contribution in [3.8, 4) is 5.88 Å². The Labute approximate surface area is 133 Å². The SMILES string of the molecule is Cc1ccc(S(=O)(=O)N=Nc2c(O)[nH]c3ccccc23)cc1C. The van der Waals surface area contributed by atoms with Crippen molar-refractivity contribution >= 4 is 26.6 Å². The molecule has 0 saturated heterocycles. The average molecular weight is 329 g/mol. The van der Waals surface area contributed by atoms with Crippen LogP contribution in [0, 0.1) is 13.8 Å². The summed E-state index contributed by atoms with van der Waals surface area (Å²) in [5.41, 5.74) is 2.61. The third kappa shape index (κ3) is 2.83. The summed E-state index contributed by atoms with van der Waals surface area (Å²) in [5, 5.41) is 14.2. The number of hydrogen-bond acceptors (Lipinski definition) is 4. The minimum absolute atomic E-state index is 0.0729. The fourth-order valence-corrected chi connectivity index (χ4v) is 3.08. The fourth-order valence-electron chi connectivity index (χ4n) is 2.23. The fraction of sp³-hybridized carbons (Fsp3) is 0.125. The summed E-state index contributed by atoms with van der Waals surface area (Å²) in [7, 11) is -3.93. The number of aryl methyl sites for hydroxylation is 2. The molecule has 0 spiro atoms. The third-order valence-electron chi connectivity index (χ3n) is 3.68. The molecule has 0 aliphatic carbocycles. The van der Waals surface area contributed by atoms with Gasteiger partial charge in [-0.1, -0.05) is 28.8 Å². The van der Waals surface area contributed by atoms with Crippen LogP contribution in [-0.2, 0) is 10.0 Å². The van der Waals surface area contributed by atoms with Gasteiger partial charge in [-0.2, -0.15) is 8.42 Å². The highest BCUT2D eigenvalue weighted by Crippen LogP contribution is 2.35. The molecule has 7 heteroatoms. The predicted octanol–water partition coefficient (Wildman–Crippen LogP) is 3.96. The van der Waals surface area contributed by atoms with Gasteiger partial charge in [0.25, 0.3) is 10.0 Å². The first kappa shape index (κ1) is 15.2. The number of H-pyrrole nitrogens is 1. The molecule has 0 bridgehead atoms. The molecule has 0 radical (unpaired) electrons. The molecule has 2 N–H and O–H groups in total. The maximum atomic E-state index is 12.3. The van der Waals surface area contributed by atoms with Gasteiger partial charge in [0.1, 0.15) is 0 Å². The molecule has 0 atom stereocenters. The molecule has 6 nitrogen and oxygen atoms in total. The maximum Gasteiger partial charge on any atom is 0.299 e. The molecule has 3 rings (SSSR count). The Morgan fingerprint density at radius 1 is 1.04 bits per heavy atom. The second kappa shape index (κ2) is 5.51. The van der Waals surface area contributed by atoms with Crippen LogP contribution in [0.25, 0.3) is 10.9 Å². The first-order chi connectivity index (χ1) is 10.9. The molecule has 1 aromatic heterocycles. The minimum atomic E-state index is -3.93. The van der Waals surface area contributed by atoms with Crippen molar-refractivity contribution in [1.82, 2.24) is 4.98 Å². The van der Waals surface area contributed by atoms with E-state index in [0.717, 1.165) is 11.1 Å². The lowest BCUT2D eigenvalue weighted by molar-refractivity contribution is 0.459. The van der Waals surface area contributed by atoms with Crippen LogP contribution in [-0.4, -0.2) is 18.5 Å². The Hall–Kier alpha value is -2.67. The number of nitrogens with one attached hydrogen (secondary N) is 1. The molecule has 1 heterocycles. The first-order valence-electron chi connectivity index (χ1n) is 6.93. The molecular weight excluding hydrogens is 314 g/mol. The zero-order chi connectivity index (χ0) is 16.6. The molecule has 0 aliphatic rings. The molecule has 23 heavy (non-hydrogen) atoms. The van der Waals surface area contributed by atoms with E-state index in [1.807, 2.05) is 13.8 Å². The molecule has 118 valence electrons. The third-order valence-corrected chi connectivity index (χ3v) is 4.83. The van der Waals surface area contributed by atoms with E-state index in [-0.39, 0.29) is 16.5 Å². The second-order valence-corrected chi connectivity index (χ2v) is 6.86. The summed E-state index contributed by atoms with van der Waals surface area (Å²) in [6.45, 7) is 3.73. The molecular formula is C16H15N3O3S. The summed E-state index contributed by atoms with van der Waals surface area (Å²) >= 11 is 0. The maximum absolute atomic E-state index is 12.3. The van der Waals surface area contributed by atoms with Gasteiger partial charge in [-0.15, -0.1) is 5.11 Å². The Bertz CT molecular complexity index is 1020. The van der Waals surface area contributed by atoms with Crippen LogP contribution < -0.4 is 0 Å². The van der Waals surface area contributed by atoms with Gasteiger partial charge in [-0.05, 0) is 43.2 Å². The number of para-hydroxylation sites is 1. The lowest BCUT2D eigenvalue weighted by Crippen LogP contribution is -1.97. The summed E-state index contributed by atoms with van der Waals surface area (Å²) in [4.78, 5) is 2.80. The van der Waals surface area contributed by atoms with Crippen molar-refractivity contribution in [2.75, 3.05) is 0 Å². The molecule has 3 aromatic rings. The van der Waals surface area contributed by atoms with Gasteiger partial charge in [-0.25, -0.2) is 0 Å². The van der Waals surface area contributed by atoms with E-state index in [2.05, 4.69) is 14.6 Å². The Morgan fingerprint density at radius 2 is 1.78 bits per heavy atom. The number of hydrogen-bond donors (Lipinski definition) is 2. The van der Waals surface area contributed by atoms with Crippen LogP contribution in [0.5, 0.6) is 5.88 Å². The molecule has 0 amide bonds. The van der Waals surface area contributed by atoms with E-state index in [1.165, 1.54) is 6.07 Å². The Morgan fingerprint density at radius 3 is 2.52 bits per heavy atom.